The molecule has 0 saturated carbocycles. The Morgan fingerprint density at radius 1 is 1.17 bits per heavy atom. The lowest BCUT2D eigenvalue weighted by Crippen LogP contribution is -2.30. The molecule has 1 amide bonds. The second kappa shape index (κ2) is 9.44. The van der Waals surface area contributed by atoms with Crippen molar-refractivity contribution < 1.29 is 9.53 Å². The molecule has 1 aliphatic rings. The lowest BCUT2D eigenvalue weighted by Gasteiger charge is -2.27. The summed E-state index contributed by atoms with van der Waals surface area (Å²) in [6.45, 7) is 7.71. The summed E-state index contributed by atoms with van der Waals surface area (Å²) in [6.07, 6.45) is 5.03. The Morgan fingerprint density at radius 3 is 2.48 bits per heavy atom. The standard InChI is InChI=1S/C22H29ClN4O2/c1-5-12-26(13-6-2)21-17-8-7-9-19(17)24-22(25-21)27(15(3)28)20-11-10-16(29-4)14-18(20)23/h10-11,14H,5-9,12-13H2,1-4H3. The zero-order valence-electron chi connectivity index (χ0n) is 17.7. The van der Waals surface area contributed by atoms with Crippen LogP contribution < -0.4 is 14.5 Å². The van der Waals surface area contributed by atoms with Gasteiger partial charge in [-0.2, -0.15) is 4.98 Å². The van der Waals surface area contributed by atoms with E-state index in [2.05, 4.69) is 18.7 Å². The number of amides is 1. The smallest absolute Gasteiger partial charge is 0.239 e. The molecule has 29 heavy (non-hydrogen) atoms. The maximum atomic E-state index is 12.6. The average Bonchev–Trinajstić information content (AvgIpc) is 3.17. The van der Waals surface area contributed by atoms with E-state index in [1.807, 2.05) is 0 Å². The molecule has 0 atom stereocenters. The molecule has 0 bridgehead atoms. The van der Waals surface area contributed by atoms with Crippen LogP contribution in [0, 0.1) is 0 Å². The maximum absolute atomic E-state index is 12.6. The molecule has 3 rings (SSSR count). The van der Waals surface area contributed by atoms with Gasteiger partial charge in [-0.1, -0.05) is 25.4 Å². The summed E-state index contributed by atoms with van der Waals surface area (Å²) in [5, 5.41) is 0.421. The van der Waals surface area contributed by atoms with Crippen LogP contribution in [0.2, 0.25) is 5.02 Å². The number of ether oxygens (including phenoxy) is 1. The number of aromatic nitrogens is 2. The number of fused-ring (bicyclic) bond motifs is 1. The van der Waals surface area contributed by atoms with Gasteiger partial charge in [-0.25, -0.2) is 9.88 Å². The molecular weight excluding hydrogens is 388 g/mol. The summed E-state index contributed by atoms with van der Waals surface area (Å²) in [7, 11) is 1.58. The van der Waals surface area contributed by atoms with Gasteiger partial charge in [-0.15, -0.1) is 0 Å². The van der Waals surface area contributed by atoms with E-state index in [-0.39, 0.29) is 5.91 Å². The van der Waals surface area contributed by atoms with E-state index in [9.17, 15) is 4.79 Å². The fourth-order valence-electron chi connectivity index (χ4n) is 3.84. The summed E-state index contributed by atoms with van der Waals surface area (Å²) in [5.74, 6) is 1.80. The van der Waals surface area contributed by atoms with E-state index in [1.165, 1.54) is 17.4 Å². The fourth-order valence-corrected chi connectivity index (χ4v) is 4.09. The van der Waals surface area contributed by atoms with Crippen LogP contribution in [0.5, 0.6) is 5.75 Å². The summed E-state index contributed by atoms with van der Waals surface area (Å²) < 4.78 is 5.24. The maximum Gasteiger partial charge on any atom is 0.239 e. The topological polar surface area (TPSA) is 58.6 Å². The van der Waals surface area contributed by atoms with Gasteiger partial charge in [0.1, 0.15) is 11.6 Å². The number of carbonyl (C=O) groups is 1. The molecule has 7 heteroatoms. The molecule has 1 aromatic heterocycles. The number of halogens is 1. The third-order valence-corrected chi connectivity index (χ3v) is 5.40. The fraction of sp³-hybridized carbons (Fsp3) is 0.500. The zero-order valence-corrected chi connectivity index (χ0v) is 18.4. The Kier molecular flexibility index (Phi) is 6.96. The van der Waals surface area contributed by atoms with Crippen LogP contribution in [0.3, 0.4) is 0 Å². The highest BCUT2D eigenvalue weighted by Gasteiger charge is 2.27. The Bertz CT molecular complexity index is 881. The minimum absolute atomic E-state index is 0.182. The molecule has 0 saturated heterocycles. The highest BCUT2D eigenvalue weighted by atomic mass is 35.5. The number of carbonyl (C=O) groups excluding carboxylic acids is 1. The molecule has 0 radical (unpaired) electrons. The van der Waals surface area contributed by atoms with Crippen LogP contribution in [0.1, 0.15) is 51.3 Å². The Labute approximate surface area is 177 Å². The molecule has 0 N–H and O–H groups in total. The Balaban J connectivity index is 2.12. The van der Waals surface area contributed by atoms with Crippen molar-refractivity contribution in [2.45, 2.75) is 52.9 Å². The van der Waals surface area contributed by atoms with Crippen LogP contribution in [0.4, 0.5) is 17.5 Å². The highest BCUT2D eigenvalue weighted by molar-refractivity contribution is 6.34. The average molecular weight is 417 g/mol. The van der Waals surface area contributed by atoms with Crippen molar-refractivity contribution in [3.63, 3.8) is 0 Å². The molecule has 2 aromatic rings. The summed E-state index contributed by atoms with van der Waals surface area (Å²) >= 11 is 6.48. The number of aryl methyl sites for hydroxylation is 1. The van der Waals surface area contributed by atoms with Gasteiger partial charge in [0.05, 0.1) is 23.5 Å². The molecule has 1 aromatic carbocycles. The van der Waals surface area contributed by atoms with Gasteiger partial charge < -0.3 is 9.64 Å². The van der Waals surface area contributed by atoms with Crippen LogP contribution in [0.25, 0.3) is 0 Å². The van der Waals surface area contributed by atoms with Crippen molar-refractivity contribution in [2.24, 2.45) is 0 Å². The number of anilines is 3. The zero-order chi connectivity index (χ0) is 21.0. The first kappa shape index (κ1) is 21.4. The number of hydrogen-bond acceptors (Lipinski definition) is 5. The minimum atomic E-state index is -0.182. The van der Waals surface area contributed by atoms with Crippen molar-refractivity contribution in [3.05, 3.63) is 34.5 Å². The second-order valence-corrected chi connectivity index (χ2v) is 7.69. The van der Waals surface area contributed by atoms with Gasteiger partial charge in [-0.05, 0) is 44.2 Å². The molecule has 6 nitrogen and oxygen atoms in total. The van der Waals surface area contributed by atoms with Crippen molar-refractivity contribution in [1.82, 2.24) is 9.97 Å². The van der Waals surface area contributed by atoms with E-state index in [1.54, 1.807) is 25.3 Å². The SMILES string of the molecule is CCCN(CCC)c1nc(N(C(C)=O)c2ccc(OC)cc2Cl)nc2c1CCC2. The van der Waals surface area contributed by atoms with Crippen LogP contribution in [-0.2, 0) is 17.6 Å². The van der Waals surface area contributed by atoms with E-state index < -0.39 is 0 Å². The number of benzene rings is 1. The van der Waals surface area contributed by atoms with E-state index in [0.717, 1.165) is 56.7 Å². The molecular formula is C22H29ClN4O2. The molecule has 156 valence electrons. The number of rotatable bonds is 8. The second-order valence-electron chi connectivity index (χ2n) is 7.28. The number of hydrogen-bond donors (Lipinski definition) is 0. The summed E-state index contributed by atoms with van der Waals surface area (Å²) in [5.41, 5.74) is 2.82. The number of nitrogens with zero attached hydrogens (tertiary/aromatic N) is 4. The Hall–Kier alpha value is -2.34. The van der Waals surface area contributed by atoms with E-state index in [0.29, 0.717) is 22.4 Å². The summed E-state index contributed by atoms with van der Waals surface area (Å²) in [6, 6.07) is 5.25. The molecule has 0 spiro atoms. The third-order valence-electron chi connectivity index (χ3n) is 5.10. The molecule has 1 aliphatic carbocycles. The van der Waals surface area contributed by atoms with Crippen molar-refractivity contribution in [2.75, 3.05) is 30.0 Å². The van der Waals surface area contributed by atoms with E-state index in [4.69, 9.17) is 26.3 Å². The predicted octanol–water partition coefficient (Wildman–Crippen LogP) is 4.94. The van der Waals surface area contributed by atoms with Crippen LogP contribution in [0.15, 0.2) is 18.2 Å². The van der Waals surface area contributed by atoms with Crippen molar-refractivity contribution in [3.8, 4) is 5.75 Å². The summed E-state index contributed by atoms with van der Waals surface area (Å²) in [4.78, 5) is 26.1. The first-order valence-electron chi connectivity index (χ1n) is 10.3. The van der Waals surface area contributed by atoms with Crippen molar-refractivity contribution >= 4 is 35.0 Å². The quantitative estimate of drug-likeness (QED) is 0.610. The third kappa shape index (κ3) is 4.47. The first-order chi connectivity index (χ1) is 14.0. The normalized spacial score (nSPS) is 12.6. The molecule has 0 fully saturated rings. The Morgan fingerprint density at radius 2 is 1.90 bits per heavy atom. The van der Waals surface area contributed by atoms with Crippen LogP contribution >= 0.6 is 11.6 Å². The van der Waals surface area contributed by atoms with Gasteiger partial charge in [0.2, 0.25) is 11.9 Å². The molecule has 0 aliphatic heterocycles. The van der Waals surface area contributed by atoms with Crippen molar-refractivity contribution in [1.29, 1.82) is 0 Å². The molecule has 1 heterocycles. The highest BCUT2D eigenvalue weighted by Crippen LogP contribution is 2.36. The van der Waals surface area contributed by atoms with Gasteiger partial charge in [-0.3, -0.25) is 4.79 Å². The van der Waals surface area contributed by atoms with Gasteiger partial charge in [0, 0.05) is 31.6 Å². The lowest BCUT2D eigenvalue weighted by atomic mass is 10.2. The first-order valence-corrected chi connectivity index (χ1v) is 10.7. The largest absolute Gasteiger partial charge is 0.497 e. The minimum Gasteiger partial charge on any atom is -0.497 e. The van der Waals surface area contributed by atoms with Crippen LogP contribution in [-0.4, -0.2) is 36.1 Å². The van der Waals surface area contributed by atoms with Gasteiger partial charge >= 0.3 is 0 Å². The van der Waals surface area contributed by atoms with E-state index >= 15 is 0 Å². The lowest BCUT2D eigenvalue weighted by molar-refractivity contribution is -0.115. The number of methoxy groups -OCH3 is 1. The van der Waals surface area contributed by atoms with Gasteiger partial charge in [0.25, 0.3) is 0 Å². The molecule has 0 unspecified atom stereocenters. The predicted molar refractivity (Wildman–Crippen MR) is 118 cm³/mol. The monoisotopic (exact) mass is 416 g/mol. The van der Waals surface area contributed by atoms with Gasteiger partial charge in [0.15, 0.2) is 0 Å².